The van der Waals surface area contributed by atoms with Crippen molar-refractivity contribution in [2.75, 3.05) is 9.80 Å². The van der Waals surface area contributed by atoms with Crippen molar-refractivity contribution in [3.05, 3.63) is 376 Å². The Morgan fingerprint density at radius 3 is 0.640 bits per heavy atom. The third kappa shape index (κ3) is 10.2. The molecule has 0 amide bonds. The van der Waals surface area contributed by atoms with Crippen LogP contribution in [-0.2, 0) is 0 Å². The predicted octanol–water partition coefficient (Wildman–Crippen LogP) is 17.1. The summed E-state index contributed by atoms with van der Waals surface area (Å²) in [6, 6.07) is 140. The van der Waals surface area contributed by atoms with E-state index in [1.807, 2.05) is 11.3 Å². The molecule has 0 aliphatic heterocycles. The quantitative estimate of drug-likeness (QED) is 0.0703. The SMILES string of the molecule is c1ccc(-c2ccc(N(c3ccc([Si](c4ccccc4)(c4ccccc4)c4ccccc4)cc3)c3ccc4c(c3)sc3cc(N(c5ccc(-c6ccccc6)cc5)c5ccc([Si](c6ccccc6)(c6ccccc6)c6ccccc6)cc5)ccc34)cc2)cc1. The van der Waals surface area contributed by atoms with Gasteiger partial charge in [0, 0.05) is 54.3 Å². The maximum Gasteiger partial charge on any atom is 0.179 e. The second kappa shape index (κ2) is 24.2. The van der Waals surface area contributed by atoms with Gasteiger partial charge in [0.1, 0.15) is 0 Å². The Hall–Kier alpha value is -10.7. The summed E-state index contributed by atoms with van der Waals surface area (Å²) >= 11 is 1.86. The Labute approximate surface area is 527 Å². The van der Waals surface area contributed by atoms with Gasteiger partial charge in [0.2, 0.25) is 0 Å². The molecule has 0 bridgehead atoms. The third-order valence-corrected chi connectivity index (χ3v) is 28.5. The molecule has 0 saturated heterocycles. The first-order valence-electron chi connectivity index (χ1n) is 30.5. The summed E-state index contributed by atoms with van der Waals surface area (Å²) in [6.45, 7) is 0. The average molecular weight is 1190 g/mol. The Morgan fingerprint density at radius 2 is 0.382 bits per heavy atom. The molecule has 0 unspecified atom stereocenters. The van der Waals surface area contributed by atoms with Crippen LogP contribution in [0.15, 0.2) is 376 Å². The average Bonchev–Trinajstić information content (AvgIpc) is 2.41. The Balaban J connectivity index is 0.850. The maximum atomic E-state index is 2.43. The lowest BCUT2D eigenvalue weighted by atomic mass is 10.0. The Bertz CT molecular complexity index is 4320. The second-order valence-electron chi connectivity index (χ2n) is 22.7. The minimum absolute atomic E-state index is 1.09. The molecule has 1 aromatic heterocycles. The molecule has 15 aromatic rings. The van der Waals surface area contributed by atoms with Gasteiger partial charge < -0.3 is 9.80 Å². The number of rotatable bonds is 16. The van der Waals surface area contributed by atoms with Crippen molar-refractivity contribution in [1.29, 1.82) is 0 Å². The summed E-state index contributed by atoms with van der Waals surface area (Å²) in [5.74, 6) is 0. The van der Waals surface area contributed by atoms with Crippen LogP contribution in [0, 0.1) is 0 Å². The zero-order valence-corrected chi connectivity index (χ0v) is 51.9. The molecular formula is C84H62N2SSi2. The van der Waals surface area contributed by atoms with Gasteiger partial charge in [-0.15, -0.1) is 11.3 Å². The molecule has 15 rings (SSSR count). The van der Waals surface area contributed by atoms with Crippen LogP contribution >= 0.6 is 11.3 Å². The second-order valence-corrected chi connectivity index (χ2v) is 31.5. The summed E-state index contributed by atoms with van der Waals surface area (Å²) < 4.78 is 2.46. The molecule has 0 radical (unpaired) electrons. The van der Waals surface area contributed by atoms with E-state index in [4.69, 9.17) is 0 Å². The number of hydrogen-bond donors (Lipinski definition) is 0. The van der Waals surface area contributed by atoms with E-state index in [0.717, 1.165) is 34.1 Å². The first-order chi connectivity index (χ1) is 44.1. The number of thiophene rings is 1. The van der Waals surface area contributed by atoms with Gasteiger partial charge in [0.25, 0.3) is 0 Å². The fourth-order valence-electron chi connectivity index (χ4n) is 13.6. The molecular weight excluding hydrogens is 1130 g/mol. The lowest BCUT2D eigenvalue weighted by Crippen LogP contribution is -2.74. The number of hydrogen-bond acceptors (Lipinski definition) is 3. The van der Waals surface area contributed by atoms with Crippen LogP contribution in [0.1, 0.15) is 0 Å². The fourth-order valence-corrected chi connectivity index (χ4v) is 24.3. The van der Waals surface area contributed by atoms with Crippen LogP contribution in [-0.4, -0.2) is 16.1 Å². The van der Waals surface area contributed by atoms with E-state index >= 15 is 0 Å². The summed E-state index contributed by atoms with van der Waals surface area (Å²) in [6.07, 6.45) is 0. The van der Waals surface area contributed by atoms with Crippen molar-refractivity contribution < 1.29 is 0 Å². The van der Waals surface area contributed by atoms with Gasteiger partial charge >= 0.3 is 0 Å². The molecule has 89 heavy (non-hydrogen) atoms. The van der Waals surface area contributed by atoms with Gasteiger partial charge in [-0.1, -0.05) is 303 Å². The molecule has 0 spiro atoms. The molecule has 5 heteroatoms. The van der Waals surface area contributed by atoms with Crippen molar-refractivity contribution in [2.45, 2.75) is 0 Å². The van der Waals surface area contributed by atoms with Crippen molar-refractivity contribution in [2.24, 2.45) is 0 Å². The molecule has 0 atom stereocenters. The molecule has 0 aliphatic rings. The minimum atomic E-state index is -2.76. The highest BCUT2D eigenvalue weighted by Gasteiger charge is 2.43. The largest absolute Gasteiger partial charge is 0.310 e. The number of nitrogens with zero attached hydrogens (tertiary/aromatic N) is 2. The van der Waals surface area contributed by atoms with Crippen LogP contribution < -0.4 is 51.3 Å². The molecule has 0 saturated carbocycles. The lowest BCUT2D eigenvalue weighted by molar-refractivity contribution is 1.29. The fraction of sp³-hybridized carbons (Fsp3) is 0. The molecule has 14 aromatic carbocycles. The first kappa shape index (κ1) is 54.9. The van der Waals surface area contributed by atoms with Crippen molar-refractivity contribution in [3.63, 3.8) is 0 Å². The van der Waals surface area contributed by atoms with Crippen LogP contribution in [0.25, 0.3) is 42.4 Å². The van der Waals surface area contributed by atoms with E-state index in [9.17, 15) is 0 Å². The molecule has 0 N–H and O–H groups in total. The monoisotopic (exact) mass is 1190 g/mol. The summed E-state index contributed by atoms with van der Waals surface area (Å²) in [5, 5.41) is 13.3. The minimum Gasteiger partial charge on any atom is -0.310 e. The summed E-state index contributed by atoms with van der Waals surface area (Å²) in [7, 11) is -5.52. The number of anilines is 6. The molecule has 1 heterocycles. The molecule has 0 aliphatic carbocycles. The highest BCUT2D eigenvalue weighted by atomic mass is 32.1. The zero-order chi connectivity index (χ0) is 59.4. The van der Waals surface area contributed by atoms with Crippen molar-refractivity contribution in [1.82, 2.24) is 0 Å². The van der Waals surface area contributed by atoms with E-state index in [0.29, 0.717) is 0 Å². The standard InChI is InChI=1S/C84H62N2SSi2/c1-9-25-63(26-10-1)65-41-45-67(46-42-65)85(69-49-55-79(56-50-69)88(73-29-13-3-14-30-73,74-31-15-4-16-32-74)75-33-17-5-18-34-75)71-53-59-81-82-60-54-72(62-84(82)87-83(81)61-71)86(68-47-43-66(44-48-68)64-27-11-2-12-28-64)70-51-57-80(58-52-70)89(76-35-19-6-20-36-76,77-37-21-7-22-38-77)78-39-23-8-24-40-78/h1-62H. The van der Waals surface area contributed by atoms with Gasteiger partial charge in [-0.2, -0.15) is 0 Å². The van der Waals surface area contributed by atoms with Crippen molar-refractivity contribution in [3.8, 4) is 22.3 Å². The maximum absolute atomic E-state index is 2.76. The smallest absolute Gasteiger partial charge is 0.179 e. The van der Waals surface area contributed by atoms with Gasteiger partial charge in [0.05, 0.1) is 0 Å². The van der Waals surface area contributed by atoms with Gasteiger partial charge in [-0.05, 0) is 137 Å². The highest BCUT2D eigenvalue weighted by Crippen LogP contribution is 2.44. The Morgan fingerprint density at radius 1 is 0.180 bits per heavy atom. The molecule has 2 nitrogen and oxygen atoms in total. The normalized spacial score (nSPS) is 11.6. The van der Waals surface area contributed by atoms with E-state index in [-0.39, 0.29) is 0 Å². The first-order valence-corrected chi connectivity index (χ1v) is 35.4. The van der Waals surface area contributed by atoms with Crippen LogP contribution in [0.3, 0.4) is 0 Å². The summed E-state index contributed by atoms with van der Waals surface area (Å²) in [5.41, 5.74) is 11.3. The van der Waals surface area contributed by atoms with E-state index in [1.54, 1.807) is 0 Å². The number of fused-ring (bicyclic) bond motifs is 3. The van der Waals surface area contributed by atoms with E-state index < -0.39 is 16.1 Å². The molecule has 422 valence electrons. The van der Waals surface area contributed by atoms with Crippen LogP contribution in [0.5, 0.6) is 0 Å². The van der Waals surface area contributed by atoms with Crippen molar-refractivity contribution >= 4 is 123 Å². The van der Waals surface area contributed by atoms with E-state index in [1.165, 1.54) is 83.9 Å². The molecule has 0 fully saturated rings. The van der Waals surface area contributed by atoms with Crippen LogP contribution in [0.4, 0.5) is 34.1 Å². The van der Waals surface area contributed by atoms with Gasteiger partial charge in [0.15, 0.2) is 16.1 Å². The lowest BCUT2D eigenvalue weighted by Gasteiger charge is -2.35. The predicted molar refractivity (Wildman–Crippen MR) is 387 cm³/mol. The zero-order valence-electron chi connectivity index (χ0n) is 49.1. The van der Waals surface area contributed by atoms with Gasteiger partial charge in [-0.25, -0.2) is 0 Å². The van der Waals surface area contributed by atoms with Gasteiger partial charge in [-0.3, -0.25) is 0 Å². The van der Waals surface area contributed by atoms with Crippen LogP contribution in [0.2, 0.25) is 0 Å². The Kier molecular flexibility index (Phi) is 15.0. The number of benzene rings is 14. The third-order valence-electron chi connectivity index (χ3n) is 17.8. The topological polar surface area (TPSA) is 6.48 Å². The summed E-state index contributed by atoms with van der Waals surface area (Å²) in [4.78, 5) is 4.86. The highest BCUT2D eigenvalue weighted by molar-refractivity contribution is 7.26. The van der Waals surface area contributed by atoms with E-state index in [2.05, 4.69) is 386 Å².